The lowest BCUT2D eigenvalue weighted by Gasteiger charge is -2.25. The van der Waals surface area contributed by atoms with Crippen LogP contribution in [0.3, 0.4) is 0 Å². The normalized spacial score (nSPS) is 18.9. The SMILES string of the molecule is CCOC(=O)C(C)(I)CC(CC)C(=O)OCCC[SiH]1CCC1. The second-order valence-corrected chi connectivity index (χ2v) is 12.2. The monoisotopic (exact) mass is 440 g/mol. The van der Waals surface area contributed by atoms with Crippen molar-refractivity contribution in [2.45, 2.75) is 68.0 Å². The summed E-state index contributed by atoms with van der Waals surface area (Å²) in [4.78, 5) is 24.1. The number of esters is 2. The standard InChI is InChI=1S/C16H29IO4Si/c1-4-13(12-16(3,17)15(19)20-5-2)14(18)21-8-6-9-22-10-7-11-22/h13,22H,4-12H2,1-3H3. The first kappa shape index (κ1) is 19.9. The van der Waals surface area contributed by atoms with Gasteiger partial charge in [-0.2, -0.15) is 0 Å². The molecule has 1 aliphatic rings. The van der Waals surface area contributed by atoms with Crippen molar-refractivity contribution in [3.05, 3.63) is 0 Å². The van der Waals surface area contributed by atoms with Crippen molar-refractivity contribution in [3.63, 3.8) is 0 Å². The lowest BCUT2D eigenvalue weighted by Crippen LogP contribution is -2.35. The molecule has 0 saturated carbocycles. The van der Waals surface area contributed by atoms with E-state index in [1.54, 1.807) is 6.92 Å². The highest BCUT2D eigenvalue weighted by molar-refractivity contribution is 14.1. The molecule has 22 heavy (non-hydrogen) atoms. The van der Waals surface area contributed by atoms with Gasteiger partial charge in [0.05, 0.1) is 19.1 Å². The van der Waals surface area contributed by atoms with Crippen LogP contribution >= 0.6 is 22.6 Å². The smallest absolute Gasteiger partial charge is 0.321 e. The van der Waals surface area contributed by atoms with Crippen LogP contribution in [0.2, 0.25) is 18.1 Å². The van der Waals surface area contributed by atoms with Crippen molar-refractivity contribution in [2.24, 2.45) is 5.92 Å². The molecule has 2 atom stereocenters. The highest BCUT2D eigenvalue weighted by atomic mass is 127. The summed E-state index contributed by atoms with van der Waals surface area (Å²) in [6.07, 6.45) is 3.59. The van der Waals surface area contributed by atoms with Gasteiger partial charge in [0.2, 0.25) is 0 Å². The maximum Gasteiger partial charge on any atom is 0.321 e. The van der Waals surface area contributed by atoms with E-state index in [9.17, 15) is 9.59 Å². The van der Waals surface area contributed by atoms with E-state index < -0.39 is 12.2 Å². The number of hydrogen-bond acceptors (Lipinski definition) is 4. The van der Waals surface area contributed by atoms with Crippen molar-refractivity contribution >= 4 is 43.3 Å². The predicted molar refractivity (Wildman–Crippen MR) is 99.2 cm³/mol. The molecule has 6 heteroatoms. The molecule has 0 aliphatic carbocycles. The number of ether oxygens (including phenoxy) is 2. The van der Waals surface area contributed by atoms with Crippen molar-refractivity contribution in [1.82, 2.24) is 0 Å². The van der Waals surface area contributed by atoms with E-state index in [-0.39, 0.29) is 17.9 Å². The van der Waals surface area contributed by atoms with E-state index in [1.807, 2.05) is 13.8 Å². The van der Waals surface area contributed by atoms with Gasteiger partial charge in [0.15, 0.2) is 0 Å². The largest absolute Gasteiger partial charge is 0.465 e. The average molecular weight is 440 g/mol. The lowest BCUT2D eigenvalue weighted by molar-refractivity contribution is -0.150. The lowest BCUT2D eigenvalue weighted by atomic mass is 9.93. The summed E-state index contributed by atoms with van der Waals surface area (Å²) in [6, 6.07) is 4.24. The van der Waals surface area contributed by atoms with Crippen LogP contribution in [0.4, 0.5) is 0 Å². The minimum atomic E-state index is -0.674. The summed E-state index contributed by atoms with van der Waals surface area (Å²) in [5.41, 5.74) is 0. The molecule has 0 aromatic carbocycles. The number of carbonyl (C=O) groups excluding carboxylic acids is 2. The average Bonchev–Trinajstić information content (AvgIpc) is 2.42. The Kier molecular flexibility index (Phi) is 8.97. The van der Waals surface area contributed by atoms with Crippen LogP contribution in [0.25, 0.3) is 0 Å². The number of rotatable bonds is 10. The molecule has 1 heterocycles. The molecular weight excluding hydrogens is 411 g/mol. The van der Waals surface area contributed by atoms with Gasteiger partial charge in [-0.1, -0.05) is 54.1 Å². The minimum Gasteiger partial charge on any atom is -0.465 e. The van der Waals surface area contributed by atoms with Gasteiger partial charge in [-0.3, -0.25) is 9.59 Å². The maximum atomic E-state index is 12.2. The van der Waals surface area contributed by atoms with E-state index in [4.69, 9.17) is 9.47 Å². The Morgan fingerprint density at radius 1 is 1.27 bits per heavy atom. The maximum absolute atomic E-state index is 12.2. The van der Waals surface area contributed by atoms with Crippen LogP contribution in [-0.2, 0) is 19.1 Å². The Bertz CT molecular complexity index is 369. The second-order valence-electron chi connectivity index (χ2n) is 6.33. The fourth-order valence-electron chi connectivity index (χ4n) is 2.67. The first-order valence-electron chi connectivity index (χ1n) is 8.43. The number of hydrogen-bond donors (Lipinski definition) is 0. The van der Waals surface area contributed by atoms with E-state index in [0.29, 0.717) is 26.1 Å². The Balaban J connectivity index is 2.34. The number of alkyl halides is 1. The van der Waals surface area contributed by atoms with Crippen molar-refractivity contribution in [3.8, 4) is 0 Å². The topological polar surface area (TPSA) is 52.6 Å². The molecule has 1 fully saturated rings. The zero-order valence-electron chi connectivity index (χ0n) is 14.0. The molecule has 0 amide bonds. The fourth-order valence-corrected chi connectivity index (χ4v) is 5.66. The zero-order chi connectivity index (χ0) is 16.6. The van der Waals surface area contributed by atoms with Crippen LogP contribution in [0.5, 0.6) is 0 Å². The highest BCUT2D eigenvalue weighted by Gasteiger charge is 2.36. The third kappa shape index (κ3) is 6.56. The number of carbonyl (C=O) groups is 2. The van der Waals surface area contributed by atoms with Crippen LogP contribution in [0.1, 0.15) is 46.5 Å². The molecule has 128 valence electrons. The van der Waals surface area contributed by atoms with E-state index in [1.165, 1.54) is 24.6 Å². The van der Waals surface area contributed by atoms with E-state index in [2.05, 4.69) is 22.6 Å². The van der Waals surface area contributed by atoms with Crippen molar-refractivity contribution in [1.29, 1.82) is 0 Å². The Morgan fingerprint density at radius 3 is 2.45 bits per heavy atom. The molecule has 0 bridgehead atoms. The van der Waals surface area contributed by atoms with Gasteiger partial charge < -0.3 is 9.47 Å². The molecule has 0 N–H and O–H groups in total. The third-order valence-electron chi connectivity index (χ3n) is 4.38. The molecule has 0 aromatic heterocycles. The van der Waals surface area contributed by atoms with E-state index in [0.717, 1.165) is 6.42 Å². The molecular formula is C16H29IO4Si. The molecule has 0 radical (unpaired) electrons. The Morgan fingerprint density at radius 2 is 1.95 bits per heavy atom. The second kappa shape index (κ2) is 9.90. The minimum absolute atomic E-state index is 0.162. The van der Waals surface area contributed by atoms with E-state index >= 15 is 0 Å². The summed E-state index contributed by atoms with van der Waals surface area (Å²) in [5.74, 6) is -0.643. The Hall–Kier alpha value is -0.113. The van der Waals surface area contributed by atoms with Crippen LogP contribution in [0, 0.1) is 5.92 Å². The van der Waals surface area contributed by atoms with Crippen LogP contribution in [-0.4, -0.2) is 37.4 Å². The molecule has 0 aromatic rings. The third-order valence-corrected chi connectivity index (χ3v) is 8.94. The van der Waals surface area contributed by atoms with Gasteiger partial charge in [0.1, 0.15) is 3.42 Å². The summed E-state index contributed by atoms with van der Waals surface area (Å²) < 4.78 is 9.83. The molecule has 1 saturated heterocycles. The van der Waals surface area contributed by atoms with Gasteiger partial charge in [0, 0.05) is 8.80 Å². The van der Waals surface area contributed by atoms with Gasteiger partial charge in [-0.25, -0.2) is 0 Å². The zero-order valence-corrected chi connectivity index (χ0v) is 17.3. The van der Waals surface area contributed by atoms with Gasteiger partial charge in [-0.05, 0) is 33.1 Å². The van der Waals surface area contributed by atoms with Gasteiger partial charge in [-0.15, -0.1) is 0 Å². The molecule has 2 unspecified atom stereocenters. The predicted octanol–water partition coefficient (Wildman–Crippen LogP) is 3.72. The fraction of sp³-hybridized carbons (Fsp3) is 0.875. The van der Waals surface area contributed by atoms with Gasteiger partial charge in [0.25, 0.3) is 0 Å². The summed E-state index contributed by atoms with van der Waals surface area (Å²) in [6.45, 7) is 6.48. The van der Waals surface area contributed by atoms with Crippen LogP contribution < -0.4 is 0 Å². The first-order valence-corrected chi connectivity index (χ1v) is 12.0. The summed E-state index contributed by atoms with van der Waals surface area (Å²) in [5, 5.41) is 0. The summed E-state index contributed by atoms with van der Waals surface area (Å²) in [7, 11) is -0.406. The molecule has 0 spiro atoms. The van der Waals surface area contributed by atoms with Crippen LogP contribution in [0.15, 0.2) is 0 Å². The summed E-state index contributed by atoms with van der Waals surface area (Å²) >= 11 is 2.09. The van der Waals surface area contributed by atoms with Gasteiger partial charge >= 0.3 is 11.9 Å². The first-order chi connectivity index (χ1) is 10.4. The number of halogens is 1. The Labute approximate surface area is 149 Å². The van der Waals surface area contributed by atoms with Crippen molar-refractivity contribution in [2.75, 3.05) is 13.2 Å². The molecule has 4 nitrogen and oxygen atoms in total. The highest BCUT2D eigenvalue weighted by Crippen LogP contribution is 2.31. The molecule has 1 aliphatic heterocycles. The quantitative estimate of drug-likeness (QED) is 0.171. The van der Waals surface area contributed by atoms with Crippen molar-refractivity contribution < 1.29 is 19.1 Å². The molecule has 1 rings (SSSR count).